The Kier molecular flexibility index (Phi) is 9.07. The van der Waals surface area contributed by atoms with E-state index in [1.165, 1.54) is 12.2 Å². The zero-order valence-electron chi connectivity index (χ0n) is 6.46. The highest BCUT2D eigenvalue weighted by molar-refractivity contribution is 5.14. The van der Waals surface area contributed by atoms with Gasteiger partial charge in [-0.1, -0.05) is 27.0 Å². The summed E-state index contributed by atoms with van der Waals surface area (Å²) in [6, 6.07) is 0. The van der Waals surface area contributed by atoms with Gasteiger partial charge in [-0.15, -0.1) is 0 Å². The Hall–Kier alpha value is -1.18. The molecule has 10 heavy (non-hydrogen) atoms. The van der Waals surface area contributed by atoms with E-state index in [1.807, 2.05) is 13.8 Å². The van der Waals surface area contributed by atoms with Crippen LogP contribution < -0.4 is 0 Å². The molecule has 0 saturated carbocycles. The lowest BCUT2D eigenvalue weighted by atomic mass is 10.4. The highest BCUT2D eigenvalue weighted by atomic mass is 16.3. The van der Waals surface area contributed by atoms with E-state index in [-0.39, 0.29) is 11.5 Å². The fraction of sp³-hybridized carbons (Fsp3) is 0.250. The summed E-state index contributed by atoms with van der Waals surface area (Å²) in [6.07, 6.45) is 2.50. The van der Waals surface area contributed by atoms with Crippen molar-refractivity contribution in [3.8, 4) is 0 Å². The Bertz CT molecular complexity index is 118. The molecule has 0 atom stereocenters. The summed E-state index contributed by atoms with van der Waals surface area (Å²) < 4.78 is 0. The standard InChI is InChI=1S/C6H8O2.C2H6/c1-5(7)3-4-6(2)8;1-2/h3-4,7-8H,1-2H2;1-2H3/b4-3-;. The first kappa shape index (κ1) is 11.6. The van der Waals surface area contributed by atoms with E-state index in [2.05, 4.69) is 13.2 Å². The summed E-state index contributed by atoms with van der Waals surface area (Å²) >= 11 is 0. The molecule has 0 aliphatic heterocycles. The minimum Gasteiger partial charge on any atom is -0.509 e. The van der Waals surface area contributed by atoms with E-state index in [4.69, 9.17) is 10.2 Å². The molecule has 0 heterocycles. The van der Waals surface area contributed by atoms with Gasteiger partial charge in [0.25, 0.3) is 0 Å². The molecule has 0 fully saturated rings. The zero-order valence-corrected chi connectivity index (χ0v) is 6.46. The highest BCUT2D eigenvalue weighted by Crippen LogP contribution is 1.89. The molecule has 0 amide bonds. The molecular weight excluding hydrogens is 128 g/mol. The molecule has 0 spiro atoms. The normalized spacial score (nSPS) is 8.20. The van der Waals surface area contributed by atoms with Crippen LogP contribution in [0, 0.1) is 0 Å². The number of hydrogen-bond donors (Lipinski definition) is 2. The minimum atomic E-state index is -0.0970. The Morgan fingerprint density at radius 2 is 1.20 bits per heavy atom. The molecule has 2 N–H and O–H groups in total. The fourth-order valence-corrected chi connectivity index (χ4v) is 0.192. The van der Waals surface area contributed by atoms with Crippen LogP contribution >= 0.6 is 0 Å². The van der Waals surface area contributed by atoms with Crippen LogP contribution in [0.15, 0.2) is 36.8 Å². The van der Waals surface area contributed by atoms with Crippen molar-refractivity contribution in [1.29, 1.82) is 0 Å². The molecule has 0 unspecified atom stereocenters. The van der Waals surface area contributed by atoms with Gasteiger partial charge in [-0.3, -0.25) is 0 Å². The van der Waals surface area contributed by atoms with Crippen molar-refractivity contribution in [2.45, 2.75) is 13.8 Å². The molecule has 2 heteroatoms. The van der Waals surface area contributed by atoms with Gasteiger partial charge < -0.3 is 10.2 Å². The van der Waals surface area contributed by atoms with Gasteiger partial charge in [0.05, 0.1) is 0 Å². The quantitative estimate of drug-likeness (QED) is 0.459. The second-order valence-electron chi connectivity index (χ2n) is 1.32. The van der Waals surface area contributed by atoms with Crippen molar-refractivity contribution < 1.29 is 10.2 Å². The molecule has 0 aliphatic rings. The first-order valence-electron chi connectivity index (χ1n) is 3.07. The van der Waals surface area contributed by atoms with Crippen LogP contribution in [0.4, 0.5) is 0 Å². The van der Waals surface area contributed by atoms with Crippen LogP contribution in [0.3, 0.4) is 0 Å². The summed E-state index contributed by atoms with van der Waals surface area (Å²) in [5.74, 6) is -0.194. The molecule has 0 rings (SSSR count). The van der Waals surface area contributed by atoms with Crippen molar-refractivity contribution >= 4 is 0 Å². The zero-order chi connectivity index (χ0) is 8.57. The lowest BCUT2D eigenvalue weighted by Gasteiger charge is -1.83. The number of allylic oxidation sites excluding steroid dienone is 2. The molecule has 0 aromatic carbocycles. The average molecular weight is 142 g/mol. The second kappa shape index (κ2) is 7.82. The van der Waals surface area contributed by atoms with Gasteiger partial charge in [-0.05, 0) is 12.2 Å². The summed E-state index contributed by atoms with van der Waals surface area (Å²) in [6.45, 7) is 10.3. The van der Waals surface area contributed by atoms with Gasteiger partial charge in [0.1, 0.15) is 11.5 Å². The van der Waals surface area contributed by atoms with E-state index in [9.17, 15) is 0 Å². The fourth-order valence-electron chi connectivity index (χ4n) is 0.192. The number of aliphatic hydroxyl groups excluding tert-OH is 2. The molecule has 2 nitrogen and oxygen atoms in total. The highest BCUT2D eigenvalue weighted by Gasteiger charge is 1.76. The average Bonchev–Trinajstić information content (AvgIpc) is 1.89. The lowest BCUT2D eigenvalue weighted by Crippen LogP contribution is -1.70. The van der Waals surface area contributed by atoms with Crippen molar-refractivity contribution in [2.24, 2.45) is 0 Å². The first-order valence-corrected chi connectivity index (χ1v) is 3.07. The number of rotatable bonds is 2. The topological polar surface area (TPSA) is 40.5 Å². The van der Waals surface area contributed by atoms with Gasteiger partial charge in [-0.25, -0.2) is 0 Å². The van der Waals surface area contributed by atoms with E-state index >= 15 is 0 Å². The Balaban J connectivity index is 0. The molecule has 0 aromatic heterocycles. The van der Waals surface area contributed by atoms with Crippen LogP contribution in [0.2, 0.25) is 0 Å². The SMILES string of the molecule is C=C(O)/C=C\C(=C)O.CC. The van der Waals surface area contributed by atoms with Crippen LogP contribution in [-0.4, -0.2) is 10.2 Å². The molecule has 58 valence electrons. The van der Waals surface area contributed by atoms with Crippen LogP contribution in [-0.2, 0) is 0 Å². The third-order valence-corrected chi connectivity index (χ3v) is 0.468. The predicted octanol–water partition coefficient (Wildman–Crippen LogP) is 2.71. The lowest BCUT2D eigenvalue weighted by molar-refractivity contribution is 0.425. The van der Waals surface area contributed by atoms with Crippen LogP contribution in [0.25, 0.3) is 0 Å². The van der Waals surface area contributed by atoms with Crippen molar-refractivity contribution in [3.63, 3.8) is 0 Å². The molecular formula is C8H14O2. The van der Waals surface area contributed by atoms with E-state index in [1.54, 1.807) is 0 Å². The monoisotopic (exact) mass is 142 g/mol. The first-order chi connectivity index (χ1) is 4.63. The van der Waals surface area contributed by atoms with Gasteiger partial charge in [0.15, 0.2) is 0 Å². The maximum absolute atomic E-state index is 8.37. The number of aliphatic hydroxyl groups is 2. The Labute approximate surface area is 61.8 Å². The second-order valence-corrected chi connectivity index (χ2v) is 1.32. The Morgan fingerprint density at radius 1 is 1.00 bits per heavy atom. The maximum Gasteiger partial charge on any atom is 0.108 e. The number of hydrogen-bond acceptors (Lipinski definition) is 2. The van der Waals surface area contributed by atoms with E-state index in [0.29, 0.717) is 0 Å². The van der Waals surface area contributed by atoms with Gasteiger partial charge in [0.2, 0.25) is 0 Å². The van der Waals surface area contributed by atoms with E-state index < -0.39 is 0 Å². The molecule has 0 radical (unpaired) electrons. The van der Waals surface area contributed by atoms with Crippen molar-refractivity contribution in [1.82, 2.24) is 0 Å². The molecule has 0 saturated heterocycles. The van der Waals surface area contributed by atoms with Crippen LogP contribution in [0.1, 0.15) is 13.8 Å². The van der Waals surface area contributed by atoms with Crippen molar-refractivity contribution in [3.05, 3.63) is 36.8 Å². The van der Waals surface area contributed by atoms with Crippen molar-refractivity contribution in [2.75, 3.05) is 0 Å². The molecule has 0 bridgehead atoms. The third kappa shape index (κ3) is 15.8. The molecule has 0 aromatic rings. The molecule has 0 aliphatic carbocycles. The Morgan fingerprint density at radius 3 is 1.30 bits per heavy atom. The minimum absolute atomic E-state index is 0.0970. The summed E-state index contributed by atoms with van der Waals surface area (Å²) in [7, 11) is 0. The summed E-state index contributed by atoms with van der Waals surface area (Å²) in [4.78, 5) is 0. The maximum atomic E-state index is 8.37. The summed E-state index contributed by atoms with van der Waals surface area (Å²) in [5.41, 5.74) is 0. The van der Waals surface area contributed by atoms with Gasteiger partial charge in [-0.2, -0.15) is 0 Å². The van der Waals surface area contributed by atoms with Crippen LogP contribution in [0.5, 0.6) is 0 Å². The van der Waals surface area contributed by atoms with Gasteiger partial charge in [0, 0.05) is 0 Å². The largest absolute Gasteiger partial charge is 0.509 e. The van der Waals surface area contributed by atoms with Gasteiger partial charge >= 0.3 is 0 Å². The smallest absolute Gasteiger partial charge is 0.108 e. The summed E-state index contributed by atoms with van der Waals surface area (Å²) in [5, 5.41) is 16.7. The predicted molar refractivity (Wildman–Crippen MR) is 44.0 cm³/mol. The van der Waals surface area contributed by atoms with E-state index in [0.717, 1.165) is 0 Å². The third-order valence-electron chi connectivity index (χ3n) is 0.468.